The van der Waals surface area contributed by atoms with Crippen molar-refractivity contribution in [3.63, 3.8) is 0 Å². The van der Waals surface area contributed by atoms with Crippen LogP contribution in [0.15, 0.2) is 42.5 Å². The van der Waals surface area contributed by atoms with Crippen LogP contribution >= 0.6 is 23.2 Å². The molecule has 3 rings (SSSR count). The summed E-state index contributed by atoms with van der Waals surface area (Å²) >= 11 is 12.2. The van der Waals surface area contributed by atoms with Crippen molar-refractivity contribution in [1.82, 2.24) is 0 Å². The van der Waals surface area contributed by atoms with Gasteiger partial charge in [-0.2, -0.15) is 0 Å². The maximum absolute atomic E-state index is 6.24. The zero-order chi connectivity index (χ0) is 13.9. The van der Waals surface area contributed by atoms with Gasteiger partial charge >= 0.3 is 0 Å². The molecule has 0 aliphatic heterocycles. The predicted octanol–water partition coefficient (Wildman–Crippen LogP) is 4.13. The molecule has 0 fully saturated rings. The summed E-state index contributed by atoms with van der Waals surface area (Å²) < 4.78 is 0. The Hall–Kier alpha value is -1.02. The molecule has 2 aromatic rings. The van der Waals surface area contributed by atoms with Crippen molar-refractivity contribution in [2.24, 2.45) is 0 Å². The second-order valence-corrected chi connectivity index (χ2v) is 6.22. The van der Waals surface area contributed by atoms with E-state index in [-0.39, 0.29) is 0 Å². The zero-order valence-corrected chi connectivity index (χ0v) is 12.8. The Bertz CT molecular complexity index is 610. The van der Waals surface area contributed by atoms with Gasteiger partial charge in [0.1, 0.15) is 12.6 Å². The minimum atomic E-state index is 0.548. The number of benzene rings is 2. The standard InChI is InChI=1S/C17H17Cl2N/c18-14-9-8-13(16(19)10-14)11-20-17-7-3-5-12-4-1-2-6-15(12)17/h1-2,4,6,8-10,17,20H,3,5,7,11H2/p+1/t17-/m0/s1. The van der Waals surface area contributed by atoms with E-state index < -0.39 is 0 Å². The molecule has 1 aliphatic carbocycles. The molecule has 0 saturated heterocycles. The van der Waals surface area contributed by atoms with Crippen molar-refractivity contribution >= 4 is 23.2 Å². The molecule has 1 atom stereocenters. The van der Waals surface area contributed by atoms with Gasteiger partial charge in [0.15, 0.2) is 0 Å². The Balaban J connectivity index is 1.73. The highest BCUT2D eigenvalue weighted by atomic mass is 35.5. The summed E-state index contributed by atoms with van der Waals surface area (Å²) in [6.07, 6.45) is 3.72. The summed E-state index contributed by atoms with van der Waals surface area (Å²) in [4.78, 5) is 0. The fraction of sp³-hybridized carbons (Fsp3) is 0.294. The van der Waals surface area contributed by atoms with Gasteiger partial charge in [-0.25, -0.2) is 0 Å². The Morgan fingerprint density at radius 2 is 1.95 bits per heavy atom. The van der Waals surface area contributed by atoms with Crippen LogP contribution in [-0.2, 0) is 13.0 Å². The maximum atomic E-state index is 6.24. The molecule has 104 valence electrons. The number of rotatable bonds is 3. The van der Waals surface area contributed by atoms with E-state index in [0.29, 0.717) is 11.1 Å². The van der Waals surface area contributed by atoms with E-state index in [4.69, 9.17) is 23.2 Å². The molecule has 1 aliphatic rings. The third kappa shape index (κ3) is 3.01. The van der Waals surface area contributed by atoms with Crippen molar-refractivity contribution in [3.05, 3.63) is 69.2 Å². The van der Waals surface area contributed by atoms with Crippen molar-refractivity contribution in [2.75, 3.05) is 0 Å². The molecule has 0 heterocycles. The normalized spacial score (nSPS) is 17.8. The first-order chi connectivity index (χ1) is 9.74. The fourth-order valence-electron chi connectivity index (χ4n) is 2.99. The van der Waals surface area contributed by atoms with Crippen LogP contribution in [0.2, 0.25) is 10.0 Å². The quantitative estimate of drug-likeness (QED) is 0.878. The van der Waals surface area contributed by atoms with Crippen LogP contribution in [0.1, 0.15) is 35.6 Å². The average Bonchev–Trinajstić information content (AvgIpc) is 2.46. The SMILES string of the molecule is Clc1ccc(C[NH2+][C@H]2CCCc3ccccc32)c(Cl)c1. The monoisotopic (exact) mass is 306 g/mol. The van der Waals surface area contributed by atoms with Crippen LogP contribution in [0, 0.1) is 0 Å². The van der Waals surface area contributed by atoms with Crippen LogP contribution in [-0.4, -0.2) is 0 Å². The number of aryl methyl sites for hydroxylation is 1. The van der Waals surface area contributed by atoms with E-state index >= 15 is 0 Å². The van der Waals surface area contributed by atoms with Gasteiger partial charge in [0.2, 0.25) is 0 Å². The van der Waals surface area contributed by atoms with Crippen molar-refractivity contribution in [2.45, 2.75) is 31.8 Å². The summed E-state index contributed by atoms with van der Waals surface area (Å²) in [5.74, 6) is 0. The first kappa shape index (κ1) is 13.9. The average molecular weight is 307 g/mol. The Morgan fingerprint density at radius 3 is 2.80 bits per heavy atom. The number of fused-ring (bicyclic) bond motifs is 1. The fourth-order valence-corrected chi connectivity index (χ4v) is 3.48. The smallest absolute Gasteiger partial charge is 0.112 e. The molecule has 0 aromatic heterocycles. The summed E-state index contributed by atoms with van der Waals surface area (Å²) in [5, 5.41) is 3.85. The van der Waals surface area contributed by atoms with Crippen LogP contribution in [0.3, 0.4) is 0 Å². The highest BCUT2D eigenvalue weighted by Crippen LogP contribution is 2.27. The lowest BCUT2D eigenvalue weighted by molar-refractivity contribution is -0.712. The molecule has 0 unspecified atom stereocenters. The topological polar surface area (TPSA) is 16.6 Å². The number of halogens is 2. The van der Waals surface area contributed by atoms with Crippen LogP contribution in [0.4, 0.5) is 0 Å². The molecule has 0 amide bonds. The van der Waals surface area contributed by atoms with Crippen molar-refractivity contribution < 1.29 is 5.32 Å². The van der Waals surface area contributed by atoms with Gasteiger partial charge in [-0.05, 0) is 30.5 Å². The third-order valence-corrected chi connectivity index (χ3v) is 4.64. The molecule has 1 nitrogen and oxygen atoms in total. The number of hydrogen-bond acceptors (Lipinski definition) is 0. The van der Waals surface area contributed by atoms with E-state index in [1.165, 1.54) is 30.4 Å². The minimum absolute atomic E-state index is 0.548. The van der Waals surface area contributed by atoms with Crippen molar-refractivity contribution in [3.8, 4) is 0 Å². The van der Waals surface area contributed by atoms with E-state index in [1.54, 1.807) is 0 Å². The molecule has 2 N–H and O–H groups in total. The van der Waals surface area contributed by atoms with E-state index in [0.717, 1.165) is 17.1 Å². The largest absolute Gasteiger partial charge is 0.336 e. The lowest BCUT2D eigenvalue weighted by atomic mass is 9.87. The summed E-state index contributed by atoms with van der Waals surface area (Å²) in [6, 6.07) is 15.1. The van der Waals surface area contributed by atoms with Gasteiger partial charge in [-0.3, -0.25) is 0 Å². The number of hydrogen-bond donors (Lipinski definition) is 1. The Kier molecular flexibility index (Phi) is 4.30. The minimum Gasteiger partial charge on any atom is -0.336 e. The molecule has 3 heteroatoms. The summed E-state index contributed by atoms with van der Waals surface area (Å²) in [7, 11) is 0. The second kappa shape index (κ2) is 6.17. The lowest BCUT2D eigenvalue weighted by Gasteiger charge is -2.23. The van der Waals surface area contributed by atoms with Gasteiger partial charge < -0.3 is 5.32 Å². The maximum Gasteiger partial charge on any atom is 0.112 e. The highest BCUT2D eigenvalue weighted by molar-refractivity contribution is 6.35. The second-order valence-electron chi connectivity index (χ2n) is 5.37. The van der Waals surface area contributed by atoms with Gasteiger partial charge in [0.05, 0.1) is 5.02 Å². The number of quaternary nitrogens is 1. The third-order valence-electron chi connectivity index (χ3n) is 4.05. The predicted molar refractivity (Wildman–Crippen MR) is 84.2 cm³/mol. The van der Waals surface area contributed by atoms with Gasteiger partial charge in [0.25, 0.3) is 0 Å². The zero-order valence-electron chi connectivity index (χ0n) is 11.3. The highest BCUT2D eigenvalue weighted by Gasteiger charge is 2.22. The van der Waals surface area contributed by atoms with Gasteiger partial charge in [-0.1, -0.05) is 53.5 Å². The van der Waals surface area contributed by atoms with Crippen LogP contribution in [0.25, 0.3) is 0 Å². The van der Waals surface area contributed by atoms with Gasteiger partial charge in [-0.15, -0.1) is 0 Å². The van der Waals surface area contributed by atoms with Crippen molar-refractivity contribution in [1.29, 1.82) is 0 Å². The summed E-state index contributed by atoms with van der Waals surface area (Å²) in [6.45, 7) is 0.898. The summed E-state index contributed by atoms with van der Waals surface area (Å²) in [5.41, 5.74) is 4.14. The van der Waals surface area contributed by atoms with E-state index in [1.807, 2.05) is 18.2 Å². The van der Waals surface area contributed by atoms with Crippen LogP contribution in [0.5, 0.6) is 0 Å². The van der Waals surface area contributed by atoms with E-state index in [9.17, 15) is 0 Å². The number of nitrogens with two attached hydrogens (primary N) is 1. The Morgan fingerprint density at radius 1 is 1.10 bits per heavy atom. The Labute approximate surface area is 129 Å². The molecule has 0 saturated carbocycles. The first-order valence-electron chi connectivity index (χ1n) is 7.09. The first-order valence-corrected chi connectivity index (χ1v) is 7.84. The lowest BCUT2D eigenvalue weighted by Crippen LogP contribution is -2.84. The molecule has 20 heavy (non-hydrogen) atoms. The molecule has 0 spiro atoms. The van der Waals surface area contributed by atoms with Crippen LogP contribution < -0.4 is 5.32 Å². The molecular formula is C17H18Cl2N+. The molecular weight excluding hydrogens is 289 g/mol. The molecule has 0 radical (unpaired) electrons. The molecule has 2 aromatic carbocycles. The molecule has 0 bridgehead atoms. The van der Waals surface area contributed by atoms with Gasteiger partial charge in [0, 0.05) is 22.6 Å². The van der Waals surface area contributed by atoms with E-state index in [2.05, 4.69) is 29.6 Å².